The first-order valence-electron chi connectivity index (χ1n) is 10.9. The van der Waals surface area contributed by atoms with Crippen LogP contribution in [0, 0.1) is 13.8 Å². The number of aromatic nitrogens is 2. The van der Waals surface area contributed by atoms with Gasteiger partial charge in [-0.2, -0.15) is 0 Å². The summed E-state index contributed by atoms with van der Waals surface area (Å²) in [4.78, 5) is 17.4. The van der Waals surface area contributed by atoms with Crippen LogP contribution in [0.15, 0.2) is 46.3 Å². The van der Waals surface area contributed by atoms with E-state index in [9.17, 15) is 4.79 Å². The maximum Gasteiger partial charge on any atom is 0.257 e. The molecule has 1 aliphatic rings. The number of amides is 1. The number of thiazole rings is 1. The van der Waals surface area contributed by atoms with E-state index in [-0.39, 0.29) is 12.5 Å². The molecule has 0 aliphatic carbocycles. The van der Waals surface area contributed by atoms with E-state index in [0.29, 0.717) is 46.9 Å². The summed E-state index contributed by atoms with van der Waals surface area (Å²) in [5.41, 5.74) is 3.70. The van der Waals surface area contributed by atoms with Crippen LogP contribution in [-0.4, -0.2) is 36.4 Å². The largest absolute Gasteiger partial charge is 0.493 e. The monoisotopic (exact) mass is 493 g/mol. The summed E-state index contributed by atoms with van der Waals surface area (Å²) in [6.45, 7) is 5.03. The van der Waals surface area contributed by atoms with Gasteiger partial charge < -0.3 is 23.5 Å². The standard InChI is InChI=1S/C25H23N3O6S/c1-14-18(15(2)34-28-14)12-33-20-7-5-17(11-22(20)30-3)24(29)27-25-26-19(13-35-25)16-4-6-21-23(10-16)32-9-8-31-21/h4-7,10-11,13H,8-9,12H2,1-3H3,(H,26,27,29). The quantitative estimate of drug-likeness (QED) is 0.382. The molecule has 2 aromatic heterocycles. The number of carbonyl (C=O) groups excluding carboxylic acids is 1. The molecule has 0 saturated heterocycles. The van der Waals surface area contributed by atoms with Crippen LogP contribution in [0.3, 0.4) is 0 Å². The first kappa shape index (κ1) is 22.7. The Morgan fingerprint density at radius 1 is 1.09 bits per heavy atom. The van der Waals surface area contributed by atoms with Crippen molar-refractivity contribution in [2.24, 2.45) is 0 Å². The first-order valence-corrected chi connectivity index (χ1v) is 11.8. The molecule has 1 N–H and O–H groups in total. The number of aryl methyl sites for hydroxylation is 2. The van der Waals surface area contributed by atoms with Crippen molar-refractivity contribution in [2.75, 3.05) is 25.6 Å². The molecule has 35 heavy (non-hydrogen) atoms. The van der Waals surface area contributed by atoms with E-state index in [1.807, 2.05) is 37.4 Å². The average Bonchev–Trinajstić information content (AvgIpc) is 3.48. The van der Waals surface area contributed by atoms with Gasteiger partial charge in [0.1, 0.15) is 25.6 Å². The molecular weight excluding hydrogens is 470 g/mol. The molecule has 0 unspecified atom stereocenters. The zero-order chi connectivity index (χ0) is 24.4. The Labute approximate surface area is 205 Å². The molecule has 0 fully saturated rings. The number of nitrogens with one attached hydrogen (secondary N) is 1. The third-order valence-corrected chi connectivity index (χ3v) is 6.30. The van der Waals surface area contributed by atoms with Crippen molar-refractivity contribution in [1.29, 1.82) is 0 Å². The van der Waals surface area contributed by atoms with Crippen molar-refractivity contribution in [1.82, 2.24) is 10.1 Å². The predicted molar refractivity (Wildman–Crippen MR) is 130 cm³/mol. The van der Waals surface area contributed by atoms with Crippen molar-refractivity contribution in [3.8, 4) is 34.3 Å². The van der Waals surface area contributed by atoms with Gasteiger partial charge in [-0.15, -0.1) is 11.3 Å². The number of methoxy groups -OCH3 is 1. The van der Waals surface area contributed by atoms with E-state index in [1.165, 1.54) is 18.4 Å². The molecule has 1 aliphatic heterocycles. The Morgan fingerprint density at radius 2 is 1.91 bits per heavy atom. The number of rotatable bonds is 7. The molecule has 3 heterocycles. The fourth-order valence-corrected chi connectivity index (χ4v) is 4.34. The number of nitrogens with zero attached hydrogens (tertiary/aromatic N) is 2. The zero-order valence-electron chi connectivity index (χ0n) is 19.4. The van der Waals surface area contributed by atoms with Crippen molar-refractivity contribution in [3.63, 3.8) is 0 Å². The molecule has 180 valence electrons. The number of ether oxygens (including phenoxy) is 4. The fourth-order valence-electron chi connectivity index (χ4n) is 3.62. The summed E-state index contributed by atoms with van der Waals surface area (Å²) in [6, 6.07) is 10.7. The molecule has 0 spiro atoms. The molecule has 0 saturated carbocycles. The highest BCUT2D eigenvalue weighted by atomic mass is 32.1. The molecule has 2 aromatic carbocycles. The van der Waals surface area contributed by atoms with Gasteiger partial charge in [0.2, 0.25) is 0 Å². The molecule has 0 radical (unpaired) electrons. The molecule has 0 bridgehead atoms. The van der Waals surface area contributed by atoms with Crippen LogP contribution in [0.5, 0.6) is 23.0 Å². The highest BCUT2D eigenvalue weighted by molar-refractivity contribution is 7.14. The third-order valence-electron chi connectivity index (χ3n) is 5.54. The Hall–Kier alpha value is -4.05. The number of fused-ring (bicyclic) bond motifs is 1. The Bertz CT molecular complexity index is 1360. The lowest BCUT2D eigenvalue weighted by atomic mass is 10.1. The summed E-state index contributed by atoms with van der Waals surface area (Å²) in [5, 5.41) is 9.14. The molecule has 5 rings (SSSR count). The van der Waals surface area contributed by atoms with E-state index in [2.05, 4.69) is 15.5 Å². The van der Waals surface area contributed by atoms with Gasteiger partial charge in [0.25, 0.3) is 5.91 Å². The minimum atomic E-state index is -0.302. The summed E-state index contributed by atoms with van der Waals surface area (Å²) in [7, 11) is 1.53. The molecule has 0 atom stereocenters. The smallest absolute Gasteiger partial charge is 0.257 e. The third kappa shape index (κ3) is 4.78. The number of hydrogen-bond acceptors (Lipinski definition) is 9. The summed E-state index contributed by atoms with van der Waals surface area (Å²) >= 11 is 1.34. The van der Waals surface area contributed by atoms with Crippen LogP contribution >= 0.6 is 11.3 Å². The summed E-state index contributed by atoms with van der Waals surface area (Å²) in [5.74, 6) is 2.77. The fraction of sp³-hybridized carbons (Fsp3) is 0.240. The summed E-state index contributed by atoms with van der Waals surface area (Å²) in [6.07, 6.45) is 0. The van der Waals surface area contributed by atoms with Crippen LogP contribution in [0.4, 0.5) is 5.13 Å². The van der Waals surface area contributed by atoms with Gasteiger partial charge in [0.05, 0.1) is 24.1 Å². The molecular formula is C25H23N3O6S. The first-order chi connectivity index (χ1) is 17.0. The van der Waals surface area contributed by atoms with Crippen molar-refractivity contribution in [2.45, 2.75) is 20.5 Å². The predicted octanol–water partition coefficient (Wildman–Crippen LogP) is 5.03. The zero-order valence-corrected chi connectivity index (χ0v) is 20.2. The maximum atomic E-state index is 12.9. The van der Waals surface area contributed by atoms with Gasteiger partial charge in [-0.05, 0) is 50.2 Å². The normalized spacial score (nSPS) is 12.3. The van der Waals surface area contributed by atoms with Crippen LogP contribution in [0.25, 0.3) is 11.3 Å². The average molecular weight is 494 g/mol. The molecule has 1 amide bonds. The maximum absolute atomic E-state index is 12.9. The topological polar surface area (TPSA) is 105 Å². The molecule has 10 heteroatoms. The van der Waals surface area contributed by atoms with Crippen molar-refractivity contribution >= 4 is 22.4 Å². The second-order valence-corrected chi connectivity index (χ2v) is 8.67. The van der Waals surface area contributed by atoms with Crippen LogP contribution in [0.2, 0.25) is 0 Å². The number of carbonyl (C=O) groups is 1. The van der Waals surface area contributed by atoms with Crippen LogP contribution in [0.1, 0.15) is 27.4 Å². The van der Waals surface area contributed by atoms with E-state index >= 15 is 0 Å². The van der Waals surface area contributed by atoms with Gasteiger partial charge in [0, 0.05) is 16.5 Å². The van der Waals surface area contributed by atoms with Gasteiger partial charge >= 0.3 is 0 Å². The lowest BCUT2D eigenvalue weighted by molar-refractivity contribution is 0.102. The van der Waals surface area contributed by atoms with Gasteiger partial charge in [-0.3, -0.25) is 10.1 Å². The summed E-state index contributed by atoms with van der Waals surface area (Å²) < 4.78 is 27.7. The lowest BCUT2D eigenvalue weighted by Gasteiger charge is -2.18. The highest BCUT2D eigenvalue weighted by Gasteiger charge is 2.17. The van der Waals surface area contributed by atoms with E-state index in [1.54, 1.807) is 18.2 Å². The highest BCUT2D eigenvalue weighted by Crippen LogP contribution is 2.35. The van der Waals surface area contributed by atoms with Gasteiger partial charge in [-0.1, -0.05) is 5.16 Å². The number of hydrogen-bond donors (Lipinski definition) is 1. The van der Waals surface area contributed by atoms with Crippen molar-refractivity contribution < 1.29 is 28.3 Å². The second kappa shape index (κ2) is 9.67. The second-order valence-electron chi connectivity index (χ2n) is 7.81. The van der Waals surface area contributed by atoms with Gasteiger partial charge in [-0.25, -0.2) is 4.98 Å². The number of benzene rings is 2. The molecule has 9 nitrogen and oxygen atoms in total. The van der Waals surface area contributed by atoms with Crippen LogP contribution in [-0.2, 0) is 6.61 Å². The van der Waals surface area contributed by atoms with Gasteiger partial charge in [0.15, 0.2) is 28.1 Å². The Kier molecular flexibility index (Phi) is 6.28. The van der Waals surface area contributed by atoms with Crippen molar-refractivity contribution in [3.05, 3.63) is 64.4 Å². The van der Waals surface area contributed by atoms with Crippen LogP contribution < -0.4 is 24.3 Å². The minimum Gasteiger partial charge on any atom is -0.493 e. The SMILES string of the molecule is COc1cc(C(=O)Nc2nc(-c3ccc4c(c3)OCCO4)cs2)ccc1OCc1c(C)noc1C. The van der Waals surface area contributed by atoms with E-state index < -0.39 is 0 Å². The number of anilines is 1. The molecule has 4 aromatic rings. The van der Waals surface area contributed by atoms with E-state index in [0.717, 1.165) is 28.3 Å². The Morgan fingerprint density at radius 3 is 2.69 bits per heavy atom. The minimum absolute atomic E-state index is 0.283. The lowest BCUT2D eigenvalue weighted by Crippen LogP contribution is -2.15. The Balaban J connectivity index is 1.27. The van der Waals surface area contributed by atoms with E-state index in [4.69, 9.17) is 23.5 Å².